The number of rotatable bonds is 5. The Morgan fingerprint density at radius 2 is 2.17 bits per heavy atom. The maximum absolute atomic E-state index is 6.24. The van der Waals surface area contributed by atoms with E-state index in [0.717, 1.165) is 32.1 Å². The van der Waals surface area contributed by atoms with E-state index in [9.17, 15) is 0 Å². The van der Waals surface area contributed by atoms with Gasteiger partial charge in [0.05, 0.1) is 17.5 Å². The van der Waals surface area contributed by atoms with Gasteiger partial charge in [-0.05, 0) is 38.2 Å². The van der Waals surface area contributed by atoms with Gasteiger partial charge in [-0.3, -0.25) is 9.58 Å². The van der Waals surface area contributed by atoms with E-state index in [1.165, 1.54) is 43.8 Å². The van der Waals surface area contributed by atoms with Gasteiger partial charge in [-0.15, -0.1) is 11.8 Å². The van der Waals surface area contributed by atoms with E-state index < -0.39 is 0 Å². The third-order valence-electron chi connectivity index (χ3n) is 5.59. The van der Waals surface area contributed by atoms with Crippen LogP contribution in [-0.4, -0.2) is 64.2 Å². The molecular weight excluding hydrogens is 322 g/mol. The standard InChI is InChI=1S/C18H29N3O2S/c1-14-7-16(20(2)19-14)9-21-12-18(13-21)8-17(11-24-18)23-10-15-3-5-22-6-4-15/h7,15,17H,3-6,8-13H2,1-2H3/t17-/m0/s1. The highest BCUT2D eigenvalue weighted by Gasteiger charge is 2.49. The molecule has 6 heteroatoms. The fourth-order valence-corrected chi connectivity index (χ4v) is 5.84. The topological polar surface area (TPSA) is 39.5 Å². The number of hydrogen-bond acceptors (Lipinski definition) is 5. The highest BCUT2D eigenvalue weighted by Crippen LogP contribution is 2.46. The summed E-state index contributed by atoms with van der Waals surface area (Å²) in [7, 11) is 2.04. The van der Waals surface area contributed by atoms with Gasteiger partial charge in [-0.25, -0.2) is 0 Å². The number of aromatic nitrogens is 2. The van der Waals surface area contributed by atoms with E-state index in [1.807, 2.05) is 11.7 Å². The lowest BCUT2D eigenvalue weighted by atomic mass is 9.92. The van der Waals surface area contributed by atoms with Crippen LogP contribution in [0.15, 0.2) is 6.07 Å². The zero-order valence-electron chi connectivity index (χ0n) is 14.9. The van der Waals surface area contributed by atoms with Crippen molar-refractivity contribution in [2.24, 2.45) is 13.0 Å². The van der Waals surface area contributed by atoms with Crippen LogP contribution in [0.4, 0.5) is 0 Å². The second kappa shape index (κ2) is 6.98. The molecule has 4 rings (SSSR count). The molecular formula is C18H29N3O2S. The molecule has 1 aromatic heterocycles. The molecule has 1 aromatic rings. The number of nitrogens with zero attached hydrogens (tertiary/aromatic N) is 3. The van der Waals surface area contributed by atoms with Crippen molar-refractivity contribution < 1.29 is 9.47 Å². The minimum atomic E-state index is 0.452. The Bertz CT molecular complexity index is 565. The van der Waals surface area contributed by atoms with E-state index >= 15 is 0 Å². The Morgan fingerprint density at radius 3 is 2.88 bits per heavy atom. The summed E-state index contributed by atoms with van der Waals surface area (Å²) in [5.41, 5.74) is 2.43. The van der Waals surface area contributed by atoms with Crippen molar-refractivity contribution in [3.05, 3.63) is 17.5 Å². The van der Waals surface area contributed by atoms with E-state index in [1.54, 1.807) is 0 Å². The summed E-state index contributed by atoms with van der Waals surface area (Å²) in [5.74, 6) is 1.88. The van der Waals surface area contributed by atoms with Crippen molar-refractivity contribution in [1.82, 2.24) is 14.7 Å². The Kier molecular flexibility index (Phi) is 4.91. The lowest BCUT2D eigenvalue weighted by molar-refractivity contribution is -0.0134. The average Bonchev–Trinajstić information content (AvgIpc) is 3.10. The zero-order chi connectivity index (χ0) is 16.6. The molecule has 1 atom stereocenters. The summed E-state index contributed by atoms with van der Waals surface area (Å²) >= 11 is 2.14. The maximum atomic E-state index is 6.24. The van der Waals surface area contributed by atoms with Crippen LogP contribution < -0.4 is 0 Å². The van der Waals surface area contributed by atoms with Crippen molar-refractivity contribution in [2.75, 3.05) is 38.7 Å². The van der Waals surface area contributed by atoms with Crippen molar-refractivity contribution in [1.29, 1.82) is 0 Å². The van der Waals surface area contributed by atoms with E-state index in [2.05, 4.69) is 34.8 Å². The Balaban J connectivity index is 1.21. The van der Waals surface area contributed by atoms with Gasteiger partial charge >= 0.3 is 0 Å². The molecule has 0 radical (unpaired) electrons. The second-order valence-electron chi connectivity index (χ2n) is 7.76. The van der Waals surface area contributed by atoms with Crippen molar-refractivity contribution in [3.8, 4) is 0 Å². The largest absolute Gasteiger partial charge is 0.381 e. The smallest absolute Gasteiger partial charge is 0.0680 e. The van der Waals surface area contributed by atoms with Crippen LogP contribution in [0.5, 0.6) is 0 Å². The molecule has 5 nitrogen and oxygen atoms in total. The first-order valence-corrected chi connectivity index (χ1v) is 10.2. The summed E-state index contributed by atoms with van der Waals surface area (Å²) in [6, 6.07) is 2.20. The predicted molar refractivity (Wildman–Crippen MR) is 96.3 cm³/mol. The van der Waals surface area contributed by atoms with Gasteiger partial charge in [0.1, 0.15) is 0 Å². The molecule has 0 aliphatic carbocycles. The molecule has 3 saturated heterocycles. The molecule has 4 heterocycles. The van der Waals surface area contributed by atoms with Gasteiger partial charge in [-0.2, -0.15) is 5.10 Å². The molecule has 0 unspecified atom stereocenters. The van der Waals surface area contributed by atoms with E-state index in [4.69, 9.17) is 9.47 Å². The minimum absolute atomic E-state index is 0.452. The highest BCUT2D eigenvalue weighted by molar-refractivity contribution is 8.01. The number of hydrogen-bond donors (Lipinski definition) is 0. The Hall–Kier alpha value is -0.560. The number of thioether (sulfide) groups is 1. The molecule has 0 aromatic carbocycles. The molecule has 3 aliphatic rings. The van der Waals surface area contributed by atoms with Crippen LogP contribution in [0.2, 0.25) is 0 Å². The minimum Gasteiger partial charge on any atom is -0.381 e. The molecule has 134 valence electrons. The molecule has 0 bridgehead atoms. The normalized spacial score (nSPS) is 27.7. The number of ether oxygens (including phenoxy) is 2. The van der Waals surface area contributed by atoms with E-state index in [-0.39, 0.29) is 0 Å². The molecule has 24 heavy (non-hydrogen) atoms. The van der Waals surface area contributed by atoms with Gasteiger partial charge in [0.2, 0.25) is 0 Å². The highest BCUT2D eigenvalue weighted by atomic mass is 32.2. The first-order valence-electron chi connectivity index (χ1n) is 9.17. The Labute approximate surface area is 149 Å². The monoisotopic (exact) mass is 351 g/mol. The van der Waals surface area contributed by atoms with Gasteiger partial charge in [0, 0.05) is 57.0 Å². The first-order chi connectivity index (χ1) is 11.6. The zero-order valence-corrected chi connectivity index (χ0v) is 15.7. The lowest BCUT2D eigenvalue weighted by Crippen LogP contribution is -2.58. The Morgan fingerprint density at radius 1 is 1.38 bits per heavy atom. The van der Waals surface area contributed by atoms with Gasteiger partial charge < -0.3 is 9.47 Å². The third kappa shape index (κ3) is 3.66. The van der Waals surface area contributed by atoms with Gasteiger partial charge in [0.15, 0.2) is 0 Å². The van der Waals surface area contributed by atoms with Gasteiger partial charge in [-0.1, -0.05) is 0 Å². The van der Waals surface area contributed by atoms with Crippen molar-refractivity contribution in [3.63, 3.8) is 0 Å². The predicted octanol–water partition coefficient (Wildman–Crippen LogP) is 2.23. The van der Waals surface area contributed by atoms with Crippen LogP contribution in [0.1, 0.15) is 30.7 Å². The SMILES string of the molecule is Cc1cc(CN2CC3(C[C@H](OCC4CCOCC4)CS3)C2)n(C)n1. The number of aryl methyl sites for hydroxylation is 2. The van der Waals surface area contributed by atoms with Crippen LogP contribution in [-0.2, 0) is 23.1 Å². The summed E-state index contributed by atoms with van der Waals surface area (Å²) < 4.78 is 14.1. The van der Waals surface area contributed by atoms with Crippen molar-refractivity contribution in [2.45, 2.75) is 43.6 Å². The fraction of sp³-hybridized carbons (Fsp3) is 0.833. The number of likely N-dealkylation sites (tertiary alicyclic amines) is 1. The molecule has 3 fully saturated rings. The molecule has 1 spiro atoms. The summed E-state index contributed by atoms with van der Waals surface area (Å²) in [6.45, 7) is 8.24. The van der Waals surface area contributed by atoms with Gasteiger partial charge in [0.25, 0.3) is 0 Å². The first kappa shape index (κ1) is 16.9. The third-order valence-corrected chi connectivity index (χ3v) is 7.17. The molecule has 0 N–H and O–H groups in total. The summed E-state index contributed by atoms with van der Waals surface area (Å²) in [5, 5.41) is 4.45. The fourth-order valence-electron chi connectivity index (χ4n) is 4.24. The quantitative estimate of drug-likeness (QED) is 0.813. The van der Waals surface area contributed by atoms with Crippen LogP contribution in [0.3, 0.4) is 0 Å². The maximum Gasteiger partial charge on any atom is 0.0680 e. The summed E-state index contributed by atoms with van der Waals surface area (Å²) in [6.07, 6.45) is 4.02. The average molecular weight is 352 g/mol. The summed E-state index contributed by atoms with van der Waals surface area (Å²) in [4.78, 5) is 2.55. The van der Waals surface area contributed by atoms with Crippen LogP contribution >= 0.6 is 11.8 Å². The van der Waals surface area contributed by atoms with Crippen molar-refractivity contribution >= 4 is 11.8 Å². The lowest BCUT2D eigenvalue weighted by Gasteiger charge is -2.47. The van der Waals surface area contributed by atoms with E-state index in [0.29, 0.717) is 16.8 Å². The molecule has 3 aliphatic heterocycles. The molecule has 0 amide bonds. The molecule has 0 saturated carbocycles. The second-order valence-corrected chi connectivity index (χ2v) is 9.24. The van der Waals surface area contributed by atoms with Crippen LogP contribution in [0.25, 0.3) is 0 Å². The van der Waals surface area contributed by atoms with Crippen LogP contribution in [0, 0.1) is 12.8 Å².